The van der Waals surface area contributed by atoms with E-state index in [0.29, 0.717) is 22.2 Å². The molecule has 136 valence electrons. The van der Waals surface area contributed by atoms with Gasteiger partial charge in [0, 0.05) is 35.1 Å². The van der Waals surface area contributed by atoms with Crippen molar-refractivity contribution in [3.05, 3.63) is 69.7 Å². The molecule has 0 aromatic heterocycles. The summed E-state index contributed by atoms with van der Waals surface area (Å²) in [5.41, 5.74) is 1.29. The van der Waals surface area contributed by atoms with E-state index in [0.717, 1.165) is 5.56 Å². The zero-order valence-electron chi connectivity index (χ0n) is 13.9. The van der Waals surface area contributed by atoms with E-state index in [4.69, 9.17) is 23.2 Å². The predicted octanol–water partition coefficient (Wildman–Crippen LogP) is 2.89. The van der Waals surface area contributed by atoms with E-state index in [9.17, 15) is 14.7 Å². The number of hydrogen-bond acceptors (Lipinski definition) is 3. The van der Waals surface area contributed by atoms with Crippen molar-refractivity contribution in [2.45, 2.75) is 25.1 Å². The number of carbonyl (C=O) groups excluding carboxylic acids is 2. The van der Waals surface area contributed by atoms with Gasteiger partial charge in [-0.1, -0.05) is 41.4 Å². The highest BCUT2D eigenvalue weighted by Crippen LogP contribution is 2.22. The molecule has 7 heteroatoms. The topological polar surface area (TPSA) is 69.6 Å². The van der Waals surface area contributed by atoms with Crippen molar-refractivity contribution in [3.8, 4) is 0 Å². The Bertz CT molecular complexity index is 811. The molecule has 0 spiro atoms. The van der Waals surface area contributed by atoms with Crippen molar-refractivity contribution in [2.75, 3.05) is 6.54 Å². The molecule has 1 aliphatic rings. The normalized spacial score (nSPS) is 19.4. The van der Waals surface area contributed by atoms with Gasteiger partial charge in [0.15, 0.2) is 0 Å². The Hall–Kier alpha value is -2.08. The fraction of sp³-hybridized carbons (Fsp3) is 0.263. The summed E-state index contributed by atoms with van der Waals surface area (Å²) in [7, 11) is 0. The van der Waals surface area contributed by atoms with Crippen LogP contribution in [0.1, 0.15) is 22.3 Å². The molecule has 3 rings (SSSR count). The monoisotopic (exact) mass is 392 g/mol. The van der Waals surface area contributed by atoms with Crippen LogP contribution in [0.4, 0.5) is 0 Å². The van der Waals surface area contributed by atoms with Gasteiger partial charge in [-0.05, 0) is 35.9 Å². The van der Waals surface area contributed by atoms with E-state index in [1.54, 1.807) is 36.4 Å². The van der Waals surface area contributed by atoms with Crippen LogP contribution in [0.5, 0.6) is 0 Å². The summed E-state index contributed by atoms with van der Waals surface area (Å²) in [6.07, 6.45) is -0.525. The summed E-state index contributed by atoms with van der Waals surface area (Å²) in [6.45, 7) is 0.437. The maximum absolute atomic E-state index is 12.7. The molecule has 2 atom stereocenters. The second-order valence-electron chi connectivity index (χ2n) is 6.22. The number of benzene rings is 2. The van der Waals surface area contributed by atoms with Gasteiger partial charge < -0.3 is 15.3 Å². The minimum absolute atomic E-state index is 0.115. The van der Waals surface area contributed by atoms with Crippen LogP contribution in [0.15, 0.2) is 48.5 Å². The van der Waals surface area contributed by atoms with Gasteiger partial charge in [0.2, 0.25) is 5.91 Å². The van der Waals surface area contributed by atoms with E-state index >= 15 is 0 Å². The number of nitrogens with one attached hydrogen (secondary N) is 1. The largest absolute Gasteiger partial charge is 0.391 e. The standard InChI is InChI=1S/C19H18Cl2N2O3/c20-14-6-4-12(5-7-14)10-22-18(25)17-9-16(24)11-23(17)19(26)13-2-1-3-15(21)8-13/h1-8,16-17,24H,9-11H2,(H,22,25)/t16?,17-/m0/s1. The smallest absolute Gasteiger partial charge is 0.254 e. The molecule has 0 radical (unpaired) electrons. The first kappa shape index (κ1) is 18.7. The Morgan fingerprint density at radius 1 is 1.12 bits per heavy atom. The first-order valence-electron chi connectivity index (χ1n) is 8.21. The molecule has 2 N–H and O–H groups in total. The SMILES string of the molecule is O=C(NCc1ccc(Cl)cc1)[C@@H]1CC(O)CN1C(=O)c1cccc(Cl)c1. The second-order valence-corrected chi connectivity index (χ2v) is 7.09. The molecule has 1 heterocycles. The Kier molecular flexibility index (Phi) is 5.81. The van der Waals surface area contributed by atoms with Gasteiger partial charge in [-0.3, -0.25) is 9.59 Å². The number of halogens is 2. The fourth-order valence-electron chi connectivity index (χ4n) is 2.98. The van der Waals surface area contributed by atoms with Crippen molar-refractivity contribution < 1.29 is 14.7 Å². The molecule has 26 heavy (non-hydrogen) atoms. The summed E-state index contributed by atoms with van der Waals surface area (Å²) < 4.78 is 0. The first-order chi connectivity index (χ1) is 12.4. The number of amides is 2. The average molecular weight is 393 g/mol. The van der Waals surface area contributed by atoms with Gasteiger partial charge in [-0.15, -0.1) is 0 Å². The third kappa shape index (κ3) is 4.36. The van der Waals surface area contributed by atoms with Crippen molar-refractivity contribution in [1.82, 2.24) is 10.2 Å². The Morgan fingerprint density at radius 3 is 2.54 bits per heavy atom. The number of carbonyl (C=O) groups is 2. The predicted molar refractivity (Wildman–Crippen MR) is 100 cm³/mol. The summed E-state index contributed by atoms with van der Waals surface area (Å²) >= 11 is 11.8. The highest BCUT2D eigenvalue weighted by Gasteiger charge is 2.39. The average Bonchev–Trinajstić information content (AvgIpc) is 3.02. The molecule has 2 aromatic rings. The van der Waals surface area contributed by atoms with Crippen LogP contribution in [-0.4, -0.2) is 40.5 Å². The van der Waals surface area contributed by atoms with Crippen LogP contribution < -0.4 is 5.32 Å². The second kappa shape index (κ2) is 8.08. The molecule has 0 saturated carbocycles. The molecule has 0 aliphatic carbocycles. The number of β-amino-alcohol motifs (C(OH)–C–C–N with tert-alkyl or cyclic N) is 1. The van der Waals surface area contributed by atoms with Gasteiger partial charge in [-0.2, -0.15) is 0 Å². The van der Waals surface area contributed by atoms with Crippen molar-refractivity contribution >= 4 is 35.0 Å². The van der Waals surface area contributed by atoms with Gasteiger partial charge >= 0.3 is 0 Å². The van der Waals surface area contributed by atoms with Gasteiger partial charge in [0.1, 0.15) is 6.04 Å². The minimum atomic E-state index is -0.732. The fourth-order valence-corrected chi connectivity index (χ4v) is 3.30. The summed E-state index contributed by atoms with van der Waals surface area (Å²) in [5, 5.41) is 13.9. The van der Waals surface area contributed by atoms with E-state index in [2.05, 4.69) is 5.32 Å². The summed E-state index contributed by atoms with van der Waals surface area (Å²) in [6, 6.07) is 13.0. The quantitative estimate of drug-likeness (QED) is 0.840. The van der Waals surface area contributed by atoms with Crippen LogP contribution in [0, 0.1) is 0 Å². The van der Waals surface area contributed by atoms with Crippen molar-refractivity contribution in [2.24, 2.45) is 0 Å². The number of likely N-dealkylation sites (tertiary alicyclic amines) is 1. The number of aliphatic hydroxyl groups is 1. The molecule has 5 nitrogen and oxygen atoms in total. The van der Waals surface area contributed by atoms with Crippen LogP contribution in [-0.2, 0) is 11.3 Å². The zero-order chi connectivity index (χ0) is 18.7. The van der Waals surface area contributed by atoms with E-state index < -0.39 is 12.1 Å². The van der Waals surface area contributed by atoms with Gasteiger partial charge in [0.25, 0.3) is 5.91 Å². The molecule has 1 fully saturated rings. The molecule has 1 saturated heterocycles. The molecule has 2 amide bonds. The molecule has 0 bridgehead atoms. The summed E-state index contributed by atoms with van der Waals surface area (Å²) in [5.74, 6) is -0.623. The van der Waals surface area contributed by atoms with Crippen LogP contribution in [0.2, 0.25) is 10.0 Å². The molecule has 1 unspecified atom stereocenters. The molecular formula is C19H18Cl2N2O3. The van der Waals surface area contributed by atoms with E-state index in [1.807, 2.05) is 12.1 Å². The maximum atomic E-state index is 12.7. The van der Waals surface area contributed by atoms with Crippen LogP contribution in [0.25, 0.3) is 0 Å². The lowest BCUT2D eigenvalue weighted by atomic mass is 10.1. The van der Waals surface area contributed by atoms with Gasteiger partial charge in [0.05, 0.1) is 6.10 Å². The molecule has 1 aliphatic heterocycles. The molecular weight excluding hydrogens is 375 g/mol. The zero-order valence-corrected chi connectivity index (χ0v) is 15.4. The Balaban J connectivity index is 1.69. The lowest BCUT2D eigenvalue weighted by Crippen LogP contribution is -2.45. The maximum Gasteiger partial charge on any atom is 0.254 e. The third-order valence-corrected chi connectivity index (χ3v) is 4.78. The van der Waals surface area contributed by atoms with E-state index in [-0.39, 0.29) is 24.8 Å². The Morgan fingerprint density at radius 2 is 1.85 bits per heavy atom. The Labute approximate surface area is 161 Å². The van der Waals surface area contributed by atoms with Crippen LogP contribution >= 0.6 is 23.2 Å². The van der Waals surface area contributed by atoms with Crippen molar-refractivity contribution in [3.63, 3.8) is 0 Å². The number of aliphatic hydroxyl groups excluding tert-OH is 1. The lowest BCUT2D eigenvalue weighted by Gasteiger charge is -2.24. The highest BCUT2D eigenvalue weighted by atomic mass is 35.5. The minimum Gasteiger partial charge on any atom is -0.391 e. The number of rotatable bonds is 4. The highest BCUT2D eigenvalue weighted by molar-refractivity contribution is 6.31. The lowest BCUT2D eigenvalue weighted by molar-refractivity contribution is -0.125. The number of nitrogens with zero attached hydrogens (tertiary/aromatic N) is 1. The van der Waals surface area contributed by atoms with Crippen molar-refractivity contribution in [1.29, 1.82) is 0 Å². The van der Waals surface area contributed by atoms with Crippen LogP contribution in [0.3, 0.4) is 0 Å². The molecule has 2 aromatic carbocycles. The first-order valence-corrected chi connectivity index (χ1v) is 8.96. The third-order valence-electron chi connectivity index (χ3n) is 4.29. The number of hydrogen-bond donors (Lipinski definition) is 2. The summed E-state index contributed by atoms with van der Waals surface area (Å²) in [4.78, 5) is 26.7. The van der Waals surface area contributed by atoms with Gasteiger partial charge in [-0.25, -0.2) is 0 Å². The van der Waals surface area contributed by atoms with E-state index in [1.165, 1.54) is 4.90 Å².